The minimum Gasteiger partial charge on any atom is -0.416 e. The lowest BCUT2D eigenvalue weighted by Gasteiger charge is -1.54. The maximum atomic E-state index is 6.54. The van der Waals surface area contributed by atoms with E-state index in [0.29, 0.717) is 0 Å². The first-order valence-corrected chi connectivity index (χ1v) is 1.46. The van der Waals surface area contributed by atoms with Gasteiger partial charge in [0.05, 0.1) is 0 Å². The Kier molecular flexibility index (Phi) is 0.538. The van der Waals surface area contributed by atoms with Gasteiger partial charge in [0.2, 0.25) is 0 Å². The van der Waals surface area contributed by atoms with Crippen molar-refractivity contribution in [3.8, 4) is 0 Å². The Bertz CT molecular complexity index is 147. The van der Waals surface area contributed by atoms with Crippen LogP contribution in [0.2, 0.25) is 0 Å². The maximum Gasteiger partial charge on any atom is 0.390 e. The molecule has 1 aromatic rings. The van der Waals surface area contributed by atoms with Crippen molar-refractivity contribution in [2.75, 3.05) is 0 Å². The summed E-state index contributed by atoms with van der Waals surface area (Å²) in [7, 11) is 0. The molecule has 0 saturated heterocycles. The lowest BCUT2D eigenvalue weighted by Crippen LogP contribution is -1.84. The van der Waals surface area contributed by atoms with E-state index in [0.717, 1.165) is 0 Å². The highest BCUT2D eigenvalue weighted by molar-refractivity contribution is 4.47. The number of rotatable bonds is 0. The van der Waals surface area contributed by atoms with E-state index < -0.39 is 0 Å². The van der Waals surface area contributed by atoms with Crippen LogP contribution in [0.25, 0.3) is 0 Å². The topological polar surface area (TPSA) is 50.1 Å². The van der Waals surface area contributed by atoms with Crippen LogP contribution in [0.1, 0.15) is 0 Å². The molecule has 0 spiro atoms. The van der Waals surface area contributed by atoms with Gasteiger partial charge in [0.1, 0.15) is 12.5 Å². The van der Waals surface area contributed by atoms with Crippen LogP contribution in [0.4, 0.5) is 0 Å². The van der Waals surface area contributed by atoms with E-state index in [1.165, 1.54) is 12.5 Å². The Hall–Kier alpha value is -0.990. The third-order valence-corrected chi connectivity index (χ3v) is 0.406. The van der Waals surface area contributed by atoms with E-state index in [2.05, 4.69) is 8.83 Å². The van der Waals surface area contributed by atoms with E-state index in [9.17, 15) is 0 Å². The highest BCUT2D eigenvalue weighted by atomic mass is 16.5. The summed E-state index contributed by atoms with van der Waals surface area (Å²) >= 11 is 0. The lowest BCUT2D eigenvalue weighted by atomic mass is 11.1. The second-order valence-electron chi connectivity index (χ2n) is 0.795. The van der Waals surface area contributed by atoms with Crippen LogP contribution in [0, 0.1) is 5.41 Å². The van der Waals surface area contributed by atoms with Gasteiger partial charge in [-0.1, -0.05) is 0 Å². The summed E-state index contributed by atoms with van der Waals surface area (Å²) in [6, 6.07) is 0. The monoisotopic (exact) mass is 85.0 g/mol. The molecule has 0 aliphatic rings. The highest BCUT2D eigenvalue weighted by Gasteiger charge is 1.71. The van der Waals surface area contributed by atoms with Crippen molar-refractivity contribution >= 4 is 0 Å². The Morgan fingerprint density at radius 1 is 1.33 bits per heavy atom. The third-order valence-electron chi connectivity index (χ3n) is 0.406. The summed E-state index contributed by atoms with van der Waals surface area (Å²) in [6.45, 7) is 0. The predicted molar refractivity (Wildman–Crippen MR) is 16.8 cm³/mol. The lowest BCUT2D eigenvalue weighted by molar-refractivity contribution is 0.356. The third kappa shape index (κ3) is 0.337. The fourth-order valence-corrected chi connectivity index (χ4v) is 0.207. The first-order valence-electron chi connectivity index (χ1n) is 1.46. The summed E-state index contributed by atoms with van der Waals surface area (Å²) in [5.41, 5.74) is 0. The van der Waals surface area contributed by atoms with E-state index in [-0.39, 0.29) is 5.75 Å². The van der Waals surface area contributed by atoms with Crippen LogP contribution >= 0.6 is 0 Å². The van der Waals surface area contributed by atoms with Crippen LogP contribution in [-0.4, -0.2) is 0 Å². The van der Waals surface area contributed by atoms with Crippen LogP contribution in [0.3, 0.4) is 0 Å². The largest absolute Gasteiger partial charge is 0.416 e. The van der Waals surface area contributed by atoms with E-state index in [4.69, 9.17) is 5.41 Å². The molecule has 0 saturated carbocycles. The van der Waals surface area contributed by atoms with E-state index in [1.54, 1.807) is 0 Å². The molecular formula is C3H3NO2. The molecule has 1 aromatic heterocycles. The normalized spacial score (nSPS) is 8.67. The number of nitrogens with one attached hydrogen (secondary N) is 1. The molecule has 0 amide bonds. The quantitative estimate of drug-likeness (QED) is 0.494. The summed E-state index contributed by atoms with van der Waals surface area (Å²) in [5.74, 6) is -0.157. The standard InChI is InChI=1S/C3H3NO2/c4-3-5-1-2-6-3/h1-2,4H. The molecule has 0 unspecified atom stereocenters. The Morgan fingerprint density at radius 3 is 2.00 bits per heavy atom. The Morgan fingerprint density at radius 2 is 1.83 bits per heavy atom. The molecule has 1 heterocycles. The molecule has 0 fully saturated rings. The zero-order valence-electron chi connectivity index (χ0n) is 2.97. The van der Waals surface area contributed by atoms with Gasteiger partial charge in [0.15, 0.2) is 0 Å². The highest BCUT2D eigenvalue weighted by Crippen LogP contribution is 1.69. The summed E-state index contributed by atoms with van der Waals surface area (Å²) in [4.78, 5) is 0. The van der Waals surface area contributed by atoms with E-state index in [1.807, 2.05) is 0 Å². The molecule has 3 nitrogen and oxygen atoms in total. The molecule has 0 aliphatic carbocycles. The fraction of sp³-hybridized carbons (Fsp3) is 0. The molecule has 3 heteroatoms. The fourth-order valence-electron chi connectivity index (χ4n) is 0.207. The smallest absolute Gasteiger partial charge is 0.390 e. The number of hydrogen-bond acceptors (Lipinski definition) is 3. The molecule has 32 valence electrons. The Labute approximate surface area is 33.7 Å². The second-order valence-corrected chi connectivity index (χ2v) is 0.795. The summed E-state index contributed by atoms with van der Waals surface area (Å²) in [5, 5.41) is 6.54. The van der Waals surface area contributed by atoms with Crippen molar-refractivity contribution in [2.24, 2.45) is 0 Å². The molecule has 0 atom stereocenters. The van der Waals surface area contributed by atoms with Gasteiger partial charge < -0.3 is 8.83 Å². The Balaban J connectivity index is 3.41. The zero-order valence-corrected chi connectivity index (χ0v) is 2.97. The van der Waals surface area contributed by atoms with Crippen molar-refractivity contribution in [1.29, 1.82) is 5.41 Å². The first-order chi connectivity index (χ1) is 2.89. The summed E-state index contributed by atoms with van der Waals surface area (Å²) in [6.07, 6.45) is 2.62. The molecule has 0 aromatic carbocycles. The molecule has 0 radical (unpaired) electrons. The SMILES string of the molecule is N=c1occo1. The van der Waals surface area contributed by atoms with Gasteiger partial charge in [0.25, 0.3) is 0 Å². The van der Waals surface area contributed by atoms with Gasteiger partial charge >= 0.3 is 5.75 Å². The molecule has 1 rings (SSSR count). The summed E-state index contributed by atoms with van der Waals surface area (Å²) < 4.78 is 8.67. The van der Waals surface area contributed by atoms with Gasteiger partial charge in [-0.05, 0) is 0 Å². The average Bonchev–Trinajstić information content (AvgIpc) is 1.86. The molecule has 0 bridgehead atoms. The van der Waals surface area contributed by atoms with Crippen molar-refractivity contribution in [3.05, 3.63) is 18.3 Å². The molecule has 6 heavy (non-hydrogen) atoms. The van der Waals surface area contributed by atoms with Crippen LogP contribution in [-0.2, 0) is 0 Å². The maximum absolute atomic E-state index is 6.54. The van der Waals surface area contributed by atoms with Gasteiger partial charge in [-0.25, -0.2) is 5.41 Å². The minimum absolute atomic E-state index is 0.157. The van der Waals surface area contributed by atoms with Crippen LogP contribution in [0.15, 0.2) is 21.4 Å². The predicted octanol–water partition coefficient (Wildman–Crippen LogP) is 0.352. The second kappa shape index (κ2) is 1.01. The van der Waals surface area contributed by atoms with Gasteiger partial charge in [0, 0.05) is 0 Å². The molecule has 1 N–H and O–H groups in total. The average molecular weight is 85.1 g/mol. The molecule has 0 aliphatic heterocycles. The molecular weight excluding hydrogens is 82.0 g/mol. The van der Waals surface area contributed by atoms with Crippen LogP contribution < -0.4 is 5.75 Å². The van der Waals surface area contributed by atoms with Gasteiger partial charge in [-0.3, -0.25) is 0 Å². The minimum atomic E-state index is -0.157. The first kappa shape index (κ1) is 3.21. The van der Waals surface area contributed by atoms with Gasteiger partial charge in [-0.2, -0.15) is 0 Å². The van der Waals surface area contributed by atoms with Crippen LogP contribution in [0.5, 0.6) is 0 Å². The van der Waals surface area contributed by atoms with Crippen molar-refractivity contribution < 1.29 is 8.83 Å². The number of hydrogen-bond donors (Lipinski definition) is 1. The zero-order chi connectivity index (χ0) is 4.41. The van der Waals surface area contributed by atoms with E-state index >= 15 is 0 Å². The van der Waals surface area contributed by atoms with Gasteiger partial charge in [-0.15, -0.1) is 0 Å². The van der Waals surface area contributed by atoms with Crippen molar-refractivity contribution in [1.82, 2.24) is 0 Å². The van der Waals surface area contributed by atoms with Crippen molar-refractivity contribution in [3.63, 3.8) is 0 Å². The van der Waals surface area contributed by atoms with Crippen molar-refractivity contribution in [2.45, 2.75) is 0 Å².